The summed E-state index contributed by atoms with van der Waals surface area (Å²) in [5, 5.41) is 6.10. The predicted octanol–water partition coefficient (Wildman–Crippen LogP) is 10.4. The second-order valence-corrected chi connectivity index (χ2v) is 11.7. The summed E-state index contributed by atoms with van der Waals surface area (Å²) in [6, 6.07) is 49.3. The normalized spacial score (nSPS) is 11.8. The lowest BCUT2D eigenvalue weighted by molar-refractivity contribution is 1.17. The molecule has 0 spiro atoms. The summed E-state index contributed by atoms with van der Waals surface area (Å²) < 4.78 is 4.88. The third-order valence-corrected chi connectivity index (χ3v) is 9.33. The van der Waals surface area contributed by atoms with Crippen LogP contribution < -0.4 is 0 Å². The fraction of sp³-hybridized carbons (Fsp3) is 0. The molecule has 0 aliphatic rings. The zero-order valence-electron chi connectivity index (χ0n) is 22.5. The summed E-state index contributed by atoms with van der Waals surface area (Å²) in [5.74, 6) is 0.725. The van der Waals surface area contributed by atoms with Crippen LogP contribution in [0.2, 0.25) is 0 Å². The number of thiophene rings is 1. The van der Waals surface area contributed by atoms with Crippen molar-refractivity contribution < 1.29 is 0 Å². The van der Waals surface area contributed by atoms with Crippen LogP contribution in [0.5, 0.6) is 0 Å². The average Bonchev–Trinajstić information content (AvgIpc) is 3.61. The van der Waals surface area contributed by atoms with Crippen LogP contribution in [0.25, 0.3) is 81.2 Å². The van der Waals surface area contributed by atoms with E-state index >= 15 is 0 Å². The highest BCUT2D eigenvalue weighted by Gasteiger charge is 2.18. The lowest BCUT2D eigenvalue weighted by Crippen LogP contribution is -1.98. The predicted molar refractivity (Wildman–Crippen MR) is 178 cm³/mol. The van der Waals surface area contributed by atoms with Crippen LogP contribution in [0.3, 0.4) is 0 Å². The van der Waals surface area contributed by atoms with Crippen LogP contribution in [-0.4, -0.2) is 14.5 Å². The first-order valence-corrected chi connectivity index (χ1v) is 14.9. The molecule has 3 aromatic heterocycles. The van der Waals surface area contributed by atoms with E-state index in [1.165, 1.54) is 42.0 Å². The Morgan fingerprint density at radius 2 is 1.14 bits per heavy atom. The third kappa shape index (κ3) is 3.46. The summed E-state index contributed by atoms with van der Waals surface area (Å²) >= 11 is 1.82. The molecule has 0 unspecified atom stereocenters. The van der Waals surface area contributed by atoms with Gasteiger partial charge in [-0.05, 0) is 42.5 Å². The van der Waals surface area contributed by atoms with E-state index in [-0.39, 0.29) is 0 Å². The minimum Gasteiger partial charge on any atom is -0.309 e. The van der Waals surface area contributed by atoms with Crippen LogP contribution in [0.1, 0.15) is 0 Å². The Kier molecular flexibility index (Phi) is 5.07. The van der Waals surface area contributed by atoms with Crippen molar-refractivity contribution in [2.24, 2.45) is 0 Å². The molecule has 0 amide bonds. The molecule has 0 bridgehead atoms. The molecular weight excluding hydrogens is 531 g/mol. The number of hydrogen-bond acceptors (Lipinski definition) is 3. The molecule has 0 aliphatic heterocycles. The van der Waals surface area contributed by atoms with Gasteiger partial charge in [0.1, 0.15) is 0 Å². The summed E-state index contributed by atoms with van der Waals surface area (Å²) in [6.45, 7) is 0. The molecule has 42 heavy (non-hydrogen) atoms. The van der Waals surface area contributed by atoms with Crippen LogP contribution in [0.4, 0.5) is 0 Å². The monoisotopic (exact) mass is 553 g/mol. The van der Waals surface area contributed by atoms with Gasteiger partial charge in [0, 0.05) is 53.1 Å². The number of benzene rings is 6. The first-order chi connectivity index (χ1) is 20.8. The minimum absolute atomic E-state index is 0.725. The maximum Gasteiger partial charge on any atom is 0.160 e. The molecule has 9 rings (SSSR count). The molecule has 0 saturated heterocycles. The Labute approximate surface area is 246 Å². The highest BCUT2D eigenvalue weighted by atomic mass is 32.1. The third-order valence-electron chi connectivity index (χ3n) is 8.19. The molecule has 0 aliphatic carbocycles. The van der Waals surface area contributed by atoms with E-state index in [1.54, 1.807) is 0 Å². The van der Waals surface area contributed by atoms with Crippen LogP contribution in [0.15, 0.2) is 140 Å². The van der Waals surface area contributed by atoms with Gasteiger partial charge in [-0.2, -0.15) is 0 Å². The lowest BCUT2D eigenvalue weighted by atomic mass is 10.0. The van der Waals surface area contributed by atoms with Gasteiger partial charge in [-0.25, -0.2) is 9.97 Å². The van der Waals surface area contributed by atoms with E-state index in [4.69, 9.17) is 9.97 Å². The summed E-state index contributed by atoms with van der Waals surface area (Å²) in [6.07, 6.45) is 0. The van der Waals surface area contributed by atoms with Crippen LogP contribution >= 0.6 is 11.3 Å². The van der Waals surface area contributed by atoms with E-state index in [2.05, 4.69) is 144 Å². The Morgan fingerprint density at radius 1 is 0.476 bits per heavy atom. The van der Waals surface area contributed by atoms with Crippen LogP contribution in [-0.2, 0) is 0 Å². The maximum absolute atomic E-state index is 5.31. The van der Waals surface area contributed by atoms with Gasteiger partial charge in [-0.3, -0.25) is 0 Å². The van der Waals surface area contributed by atoms with Crippen molar-refractivity contribution >= 4 is 64.2 Å². The summed E-state index contributed by atoms with van der Waals surface area (Å²) in [5.41, 5.74) is 7.47. The van der Waals surface area contributed by atoms with E-state index in [1.807, 2.05) is 11.3 Å². The fourth-order valence-electron chi connectivity index (χ4n) is 6.36. The summed E-state index contributed by atoms with van der Waals surface area (Å²) in [7, 11) is 0. The second kappa shape index (κ2) is 9.10. The topological polar surface area (TPSA) is 30.7 Å². The fourth-order valence-corrected chi connectivity index (χ4v) is 7.47. The number of aromatic nitrogens is 3. The standard InChI is InChI=1S/C38H23N3S/c1-2-11-24(12-3-1)37-36-30(21-22-34-35(36)29-17-6-9-20-33(29)42-34)39-38(40-37)25-13-10-14-26(23-25)41-31-18-7-4-15-27(31)28-16-5-8-19-32(28)41/h1-23H. The Hall–Kier alpha value is -5.32. The SMILES string of the molecule is c1ccc(-c2nc(-c3cccc(-n4c5ccccc5c5ccccc54)c3)nc3ccc4sc5ccccc5c4c23)cc1. The molecule has 0 N–H and O–H groups in total. The number of hydrogen-bond donors (Lipinski definition) is 0. The molecule has 3 nitrogen and oxygen atoms in total. The van der Waals surface area contributed by atoms with Gasteiger partial charge < -0.3 is 4.57 Å². The minimum atomic E-state index is 0.725. The molecule has 4 heteroatoms. The number of para-hydroxylation sites is 2. The first-order valence-electron chi connectivity index (χ1n) is 14.1. The van der Waals surface area contributed by atoms with Gasteiger partial charge in [0.15, 0.2) is 5.82 Å². The van der Waals surface area contributed by atoms with Gasteiger partial charge in [-0.1, -0.05) is 97.1 Å². The average molecular weight is 554 g/mol. The van der Waals surface area contributed by atoms with Crippen molar-refractivity contribution in [3.05, 3.63) is 140 Å². The molecule has 0 radical (unpaired) electrons. The van der Waals surface area contributed by atoms with Crippen molar-refractivity contribution in [2.45, 2.75) is 0 Å². The van der Waals surface area contributed by atoms with Gasteiger partial charge in [0.05, 0.1) is 22.2 Å². The molecule has 9 aromatic rings. The first kappa shape index (κ1) is 23.4. The number of rotatable bonds is 3. The largest absolute Gasteiger partial charge is 0.309 e. The molecule has 0 fully saturated rings. The molecule has 0 saturated carbocycles. The second-order valence-electron chi connectivity index (χ2n) is 10.6. The molecule has 6 aromatic carbocycles. The molecular formula is C38H23N3S. The van der Waals surface area contributed by atoms with Gasteiger partial charge in [-0.15, -0.1) is 11.3 Å². The van der Waals surface area contributed by atoms with Crippen LogP contribution in [0, 0.1) is 0 Å². The van der Waals surface area contributed by atoms with Crippen molar-refractivity contribution in [1.82, 2.24) is 14.5 Å². The van der Waals surface area contributed by atoms with E-state index in [9.17, 15) is 0 Å². The highest BCUT2D eigenvalue weighted by Crippen LogP contribution is 2.42. The zero-order chi connectivity index (χ0) is 27.6. The highest BCUT2D eigenvalue weighted by molar-refractivity contribution is 7.26. The Morgan fingerprint density at radius 3 is 1.93 bits per heavy atom. The van der Waals surface area contributed by atoms with Gasteiger partial charge in [0.25, 0.3) is 0 Å². The lowest BCUT2D eigenvalue weighted by Gasteiger charge is -2.13. The van der Waals surface area contributed by atoms with E-state index < -0.39 is 0 Å². The molecule has 3 heterocycles. The summed E-state index contributed by atoms with van der Waals surface area (Å²) in [4.78, 5) is 10.5. The van der Waals surface area contributed by atoms with E-state index in [0.717, 1.165) is 39.2 Å². The maximum atomic E-state index is 5.31. The van der Waals surface area contributed by atoms with Crippen molar-refractivity contribution in [1.29, 1.82) is 0 Å². The quantitative estimate of drug-likeness (QED) is 0.218. The van der Waals surface area contributed by atoms with Gasteiger partial charge in [0.2, 0.25) is 0 Å². The Balaban J connectivity index is 1.32. The van der Waals surface area contributed by atoms with Gasteiger partial charge >= 0.3 is 0 Å². The van der Waals surface area contributed by atoms with Crippen molar-refractivity contribution in [2.75, 3.05) is 0 Å². The zero-order valence-corrected chi connectivity index (χ0v) is 23.3. The van der Waals surface area contributed by atoms with Crippen molar-refractivity contribution in [3.63, 3.8) is 0 Å². The number of nitrogens with zero attached hydrogens (tertiary/aromatic N) is 3. The number of fused-ring (bicyclic) bond motifs is 8. The molecule has 196 valence electrons. The molecule has 0 atom stereocenters. The smallest absolute Gasteiger partial charge is 0.160 e. The van der Waals surface area contributed by atoms with E-state index in [0.29, 0.717) is 0 Å². The Bertz CT molecular complexity index is 2420. The van der Waals surface area contributed by atoms with Crippen molar-refractivity contribution in [3.8, 4) is 28.3 Å².